The van der Waals surface area contributed by atoms with Crippen molar-refractivity contribution in [2.75, 3.05) is 13.7 Å². The number of Topliss-reactive ketones (excluding diaryl/α,β-unsaturated/α-hetero) is 1. The summed E-state index contributed by atoms with van der Waals surface area (Å²) in [4.78, 5) is 27.5. The normalized spacial score (nSPS) is 30.8. The minimum absolute atomic E-state index is 0.00953. The van der Waals surface area contributed by atoms with Gasteiger partial charge in [0.15, 0.2) is 11.5 Å². The van der Waals surface area contributed by atoms with E-state index in [1.165, 1.54) is 0 Å². The Kier molecular flexibility index (Phi) is 4.43. The number of benzene rings is 1. The van der Waals surface area contributed by atoms with Crippen molar-refractivity contribution in [3.63, 3.8) is 0 Å². The fraction of sp³-hybridized carbons (Fsp3) is 0.500. The molecule has 1 amide bonds. The van der Waals surface area contributed by atoms with E-state index in [9.17, 15) is 9.59 Å². The molecule has 0 bridgehead atoms. The van der Waals surface area contributed by atoms with Crippen LogP contribution in [0, 0.1) is 5.92 Å². The Balaban J connectivity index is 1.70. The predicted octanol–water partition coefficient (Wildman–Crippen LogP) is 3.23. The Bertz CT molecular complexity index is 773. The standard InChI is InChI=1S/C20H22ClNO4/c1-3-25-13-7-4-11(5-8-13)17-16-18(23)14-10-12(21)6-9-15(14)26-19(16)20(24)22(17)2/h4-5,7-8,12,14-15,17H,3,6,9-10H2,1-2H3. The molecule has 6 heteroatoms. The summed E-state index contributed by atoms with van der Waals surface area (Å²) in [6.07, 6.45) is 1.90. The molecule has 0 aromatic heterocycles. The molecule has 0 radical (unpaired) electrons. The molecular weight excluding hydrogens is 354 g/mol. The largest absolute Gasteiger partial charge is 0.494 e. The highest BCUT2D eigenvalue weighted by Crippen LogP contribution is 2.46. The number of amides is 1. The van der Waals surface area contributed by atoms with Gasteiger partial charge in [0.25, 0.3) is 5.91 Å². The van der Waals surface area contributed by atoms with E-state index >= 15 is 0 Å². The van der Waals surface area contributed by atoms with E-state index < -0.39 is 6.04 Å². The van der Waals surface area contributed by atoms with Gasteiger partial charge >= 0.3 is 0 Å². The summed E-state index contributed by atoms with van der Waals surface area (Å²) in [5.74, 6) is 0.526. The van der Waals surface area contributed by atoms with E-state index in [2.05, 4.69) is 0 Å². The van der Waals surface area contributed by atoms with Gasteiger partial charge in [-0.15, -0.1) is 11.6 Å². The molecule has 4 rings (SSSR count). The molecule has 1 saturated carbocycles. The van der Waals surface area contributed by atoms with Crippen molar-refractivity contribution in [1.82, 2.24) is 4.90 Å². The number of likely N-dealkylation sites (N-methyl/N-ethyl adjacent to an activating group) is 1. The molecule has 26 heavy (non-hydrogen) atoms. The Morgan fingerprint density at radius 1 is 1.23 bits per heavy atom. The predicted molar refractivity (Wildman–Crippen MR) is 97.0 cm³/mol. The van der Waals surface area contributed by atoms with Gasteiger partial charge in [-0.05, 0) is 43.9 Å². The summed E-state index contributed by atoms with van der Waals surface area (Å²) < 4.78 is 11.5. The molecule has 5 nitrogen and oxygen atoms in total. The molecule has 1 aromatic rings. The van der Waals surface area contributed by atoms with E-state index in [-0.39, 0.29) is 34.8 Å². The van der Waals surface area contributed by atoms with Crippen LogP contribution in [0.4, 0.5) is 0 Å². The summed E-state index contributed by atoms with van der Waals surface area (Å²) in [5.41, 5.74) is 1.36. The first kappa shape index (κ1) is 17.4. The number of rotatable bonds is 3. The van der Waals surface area contributed by atoms with Crippen molar-refractivity contribution in [2.45, 2.75) is 43.7 Å². The smallest absolute Gasteiger partial charge is 0.289 e. The fourth-order valence-electron chi connectivity index (χ4n) is 4.23. The molecule has 138 valence electrons. The zero-order chi connectivity index (χ0) is 18.4. The Morgan fingerprint density at radius 3 is 2.65 bits per heavy atom. The van der Waals surface area contributed by atoms with E-state index in [0.717, 1.165) is 17.7 Å². The van der Waals surface area contributed by atoms with E-state index in [1.54, 1.807) is 11.9 Å². The van der Waals surface area contributed by atoms with Crippen LogP contribution in [0.2, 0.25) is 0 Å². The number of alkyl halides is 1. The maximum atomic E-state index is 13.2. The molecule has 1 fully saturated rings. The van der Waals surface area contributed by atoms with Crippen LogP contribution in [-0.4, -0.2) is 41.7 Å². The number of hydrogen-bond acceptors (Lipinski definition) is 4. The number of carbonyl (C=O) groups is 2. The summed E-state index contributed by atoms with van der Waals surface area (Å²) in [5, 5.41) is -0.00953. The molecular formula is C20H22ClNO4. The second-order valence-electron chi connectivity index (χ2n) is 7.10. The third kappa shape index (κ3) is 2.69. The lowest BCUT2D eigenvalue weighted by molar-refractivity contribution is -0.134. The van der Waals surface area contributed by atoms with Gasteiger partial charge < -0.3 is 14.4 Å². The SMILES string of the molecule is CCOc1ccc(C2C3=C(OC4CCC(Cl)CC4C3=O)C(=O)N2C)cc1. The molecule has 2 aliphatic heterocycles. The van der Waals surface area contributed by atoms with E-state index in [1.807, 2.05) is 31.2 Å². The minimum atomic E-state index is -0.419. The number of carbonyl (C=O) groups excluding carboxylic acids is 2. The molecule has 1 aliphatic carbocycles. The van der Waals surface area contributed by atoms with Gasteiger partial charge in [0, 0.05) is 12.4 Å². The van der Waals surface area contributed by atoms with Crippen LogP contribution in [0.1, 0.15) is 37.8 Å². The summed E-state index contributed by atoms with van der Waals surface area (Å²) in [6.45, 7) is 2.52. The zero-order valence-electron chi connectivity index (χ0n) is 14.9. The molecule has 2 heterocycles. The number of ketones is 1. The van der Waals surface area contributed by atoms with Crippen molar-refractivity contribution in [2.24, 2.45) is 5.92 Å². The quantitative estimate of drug-likeness (QED) is 0.761. The third-order valence-corrected chi connectivity index (χ3v) is 5.92. The first-order chi connectivity index (χ1) is 12.5. The maximum absolute atomic E-state index is 13.2. The molecule has 0 saturated heterocycles. The molecule has 4 atom stereocenters. The highest BCUT2D eigenvalue weighted by atomic mass is 35.5. The van der Waals surface area contributed by atoms with Crippen LogP contribution in [-0.2, 0) is 14.3 Å². The van der Waals surface area contributed by atoms with Crippen LogP contribution in [0.15, 0.2) is 35.6 Å². The molecule has 3 aliphatic rings. The number of ether oxygens (including phenoxy) is 2. The lowest BCUT2D eigenvalue weighted by Gasteiger charge is -2.37. The highest BCUT2D eigenvalue weighted by Gasteiger charge is 2.51. The second-order valence-corrected chi connectivity index (χ2v) is 7.72. The Hall–Kier alpha value is -2.01. The second kappa shape index (κ2) is 6.62. The first-order valence-electron chi connectivity index (χ1n) is 9.10. The zero-order valence-corrected chi connectivity index (χ0v) is 15.7. The lowest BCUT2D eigenvalue weighted by atomic mass is 9.77. The average molecular weight is 376 g/mol. The van der Waals surface area contributed by atoms with Crippen molar-refractivity contribution in [3.8, 4) is 5.75 Å². The number of nitrogens with zero attached hydrogens (tertiary/aromatic N) is 1. The Morgan fingerprint density at radius 2 is 1.96 bits per heavy atom. The third-order valence-electron chi connectivity index (χ3n) is 5.52. The van der Waals surface area contributed by atoms with Crippen molar-refractivity contribution < 1.29 is 19.1 Å². The number of halogens is 1. The monoisotopic (exact) mass is 375 g/mol. The van der Waals surface area contributed by atoms with Crippen molar-refractivity contribution in [3.05, 3.63) is 41.2 Å². The maximum Gasteiger partial charge on any atom is 0.289 e. The minimum Gasteiger partial charge on any atom is -0.494 e. The summed E-state index contributed by atoms with van der Waals surface area (Å²) >= 11 is 6.29. The van der Waals surface area contributed by atoms with Gasteiger partial charge in [0.1, 0.15) is 11.9 Å². The van der Waals surface area contributed by atoms with Gasteiger partial charge in [0.05, 0.1) is 24.1 Å². The van der Waals surface area contributed by atoms with Gasteiger partial charge in [0.2, 0.25) is 0 Å². The molecule has 1 aromatic carbocycles. The van der Waals surface area contributed by atoms with E-state index in [0.29, 0.717) is 25.0 Å². The average Bonchev–Trinajstić information content (AvgIpc) is 2.89. The van der Waals surface area contributed by atoms with Crippen LogP contribution < -0.4 is 4.74 Å². The molecule has 4 unspecified atom stereocenters. The fourth-order valence-corrected chi connectivity index (χ4v) is 4.55. The van der Waals surface area contributed by atoms with Gasteiger partial charge in [-0.25, -0.2) is 0 Å². The summed E-state index contributed by atoms with van der Waals surface area (Å²) in [7, 11) is 1.71. The van der Waals surface area contributed by atoms with Crippen molar-refractivity contribution in [1.29, 1.82) is 0 Å². The molecule has 0 N–H and O–H groups in total. The van der Waals surface area contributed by atoms with Crippen LogP contribution in [0.3, 0.4) is 0 Å². The topological polar surface area (TPSA) is 55.8 Å². The van der Waals surface area contributed by atoms with Gasteiger partial charge in [-0.1, -0.05) is 12.1 Å². The highest BCUT2D eigenvalue weighted by molar-refractivity contribution is 6.21. The number of hydrogen-bond donors (Lipinski definition) is 0. The Labute approximate surface area is 157 Å². The summed E-state index contributed by atoms with van der Waals surface area (Å²) in [6, 6.07) is 7.11. The van der Waals surface area contributed by atoms with Crippen LogP contribution >= 0.6 is 11.6 Å². The van der Waals surface area contributed by atoms with Crippen molar-refractivity contribution >= 4 is 23.3 Å². The van der Waals surface area contributed by atoms with E-state index in [4.69, 9.17) is 21.1 Å². The first-order valence-corrected chi connectivity index (χ1v) is 9.54. The van der Waals surface area contributed by atoms with Crippen LogP contribution in [0.25, 0.3) is 0 Å². The molecule has 0 spiro atoms. The number of fused-ring (bicyclic) bond motifs is 1. The van der Waals surface area contributed by atoms with Gasteiger partial charge in [-0.3, -0.25) is 9.59 Å². The lowest BCUT2D eigenvalue weighted by Crippen LogP contribution is -2.41. The van der Waals surface area contributed by atoms with Crippen LogP contribution in [0.5, 0.6) is 5.75 Å². The van der Waals surface area contributed by atoms with Gasteiger partial charge in [-0.2, -0.15) is 0 Å².